The number of benzene rings is 1. The topological polar surface area (TPSA) is 58.2 Å². The zero-order valence-electron chi connectivity index (χ0n) is 12.8. The Morgan fingerprint density at radius 3 is 3.05 bits per heavy atom. The molecule has 22 heavy (non-hydrogen) atoms. The minimum Gasteiger partial charge on any atom is -0.487 e. The van der Waals surface area contributed by atoms with E-state index in [4.69, 9.17) is 4.74 Å². The molecule has 0 bridgehead atoms. The van der Waals surface area contributed by atoms with Gasteiger partial charge in [0.15, 0.2) is 0 Å². The van der Waals surface area contributed by atoms with Gasteiger partial charge in [0.1, 0.15) is 12.4 Å². The Kier molecular flexibility index (Phi) is 4.38. The Morgan fingerprint density at radius 1 is 1.41 bits per heavy atom. The molecule has 0 atom stereocenters. The lowest BCUT2D eigenvalue weighted by atomic mass is 10.1. The number of anilines is 1. The van der Waals surface area contributed by atoms with E-state index in [9.17, 15) is 4.79 Å². The lowest BCUT2D eigenvalue weighted by molar-refractivity contribution is 0.302. The van der Waals surface area contributed by atoms with Gasteiger partial charge in [-0.05, 0) is 17.9 Å². The van der Waals surface area contributed by atoms with Gasteiger partial charge >= 0.3 is 0 Å². The normalized spacial score (nSPS) is 12.8. The molecule has 1 N–H and O–H groups in total. The van der Waals surface area contributed by atoms with Gasteiger partial charge in [-0.25, -0.2) is 4.98 Å². The Hall–Kier alpha value is -1.95. The first-order valence-electron chi connectivity index (χ1n) is 7.22. The average molecular weight is 317 g/mol. The molecule has 116 valence electrons. The molecule has 1 aliphatic rings. The third kappa shape index (κ3) is 2.97. The first-order chi connectivity index (χ1) is 10.7. The van der Waals surface area contributed by atoms with Crippen LogP contribution in [0.25, 0.3) is 0 Å². The standard InChI is InChI=1S/C16H19N3O2S/c1-19(7-8-22-2)16-17-13-10-21-14-6-4-3-5-11(14)9-12(13)15(20)18-16/h3-6H,7-10H2,1-2H3,(H,17,18,20). The summed E-state index contributed by atoms with van der Waals surface area (Å²) in [5.41, 5.74) is 2.38. The summed E-state index contributed by atoms with van der Waals surface area (Å²) in [5.74, 6) is 2.42. The highest BCUT2D eigenvalue weighted by molar-refractivity contribution is 7.98. The number of nitrogens with zero attached hydrogens (tertiary/aromatic N) is 2. The Labute approximate surface area is 133 Å². The van der Waals surface area contributed by atoms with Crippen LogP contribution in [-0.2, 0) is 13.0 Å². The summed E-state index contributed by atoms with van der Waals surface area (Å²) in [4.78, 5) is 21.9. The average Bonchev–Trinajstić information content (AvgIpc) is 2.72. The lowest BCUT2D eigenvalue weighted by Gasteiger charge is -2.18. The maximum atomic E-state index is 12.4. The predicted octanol–water partition coefficient (Wildman–Crippen LogP) is 2.05. The number of rotatable bonds is 4. The van der Waals surface area contributed by atoms with Gasteiger partial charge in [-0.15, -0.1) is 0 Å². The van der Waals surface area contributed by atoms with E-state index in [2.05, 4.69) is 16.2 Å². The highest BCUT2D eigenvalue weighted by Gasteiger charge is 2.19. The molecule has 0 saturated heterocycles. The number of hydrogen-bond donors (Lipinski definition) is 1. The lowest BCUT2D eigenvalue weighted by Crippen LogP contribution is -2.28. The molecular weight excluding hydrogens is 298 g/mol. The van der Waals surface area contributed by atoms with E-state index >= 15 is 0 Å². The maximum Gasteiger partial charge on any atom is 0.256 e. The van der Waals surface area contributed by atoms with Gasteiger partial charge in [-0.3, -0.25) is 9.78 Å². The van der Waals surface area contributed by atoms with Crippen LogP contribution in [0.3, 0.4) is 0 Å². The van der Waals surface area contributed by atoms with Crippen LogP contribution in [0.5, 0.6) is 5.75 Å². The van der Waals surface area contributed by atoms with Crippen molar-refractivity contribution in [2.75, 3.05) is 30.5 Å². The van der Waals surface area contributed by atoms with E-state index in [-0.39, 0.29) is 5.56 Å². The van der Waals surface area contributed by atoms with Crippen LogP contribution in [0.2, 0.25) is 0 Å². The van der Waals surface area contributed by atoms with Crippen molar-refractivity contribution in [3.63, 3.8) is 0 Å². The molecule has 1 aromatic heterocycles. The highest BCUT2D eigenvalue weighted by Crippen LogP contribution is 2.26. The van der Waals surface area contributed by atoms with E-state index in [1.54, 1.807) is 11.8 Å². The largest absolute Gasteiger partial charge is 0.487 e. The molecular formula is C16H19N3O2S. The minimum absolute atomic E-state index is 0.0729. The third-order valence-corrected chi connectivity index (χ3v) is 4.38. The molecule has 0 radical (unpaired) electrons. The van der Waals surface area contributed by atoms with Crippen molar-refractivity contribution in [1.29, 1.82) is 0 Å². The third-order valence-electron chi connectivity index (χ3n) is 3.79. The fourth-order valence-corrected chi connectivity index (χ4v) is 2.93. The van der Waals surface area contributed by atoms with Crippen LogP contribution < -0.4 is 15.2 Å². The number of nitrogens with one attached hydrogen (secondary N) is 1. The van der Waals surface area contributed by atoms with E-state index in [1.165, 1.54) is 0 Å². The van der Waals surface area contributed by atoms with Crippen LogP contribution in [0.15, 0.2) is 29.1 Å². The van der Waals surface area contributed by atoms with Gasteiger partial charge in [0, 0.05) is 31.3 Å². The number of H-pyrrole nitrogens is 1. The van der Waals surface area contributed by atoms with Crippen LogP contribution in [0.1, 0.15) is 16.8 Å². The van der Waals surface area contributed by atoms with Crippen LogP contribution >= 0.6 is 11.8 Å². The molecule has 6 heteroatoms. The van der Waals surface area contributed by atoms with E-state index in [0.29, 0.717) is 24.5 Å². The molecule has 3 rings (SSSR count). The molecule has 0 unspecified atom stereocenters. The Morgan fingerprint density at radius 2 is 2.23 bits per heavy atom. The number of hydrogen-bond acceptors (Lipinski definition) is 5. The zero-order chi connectivity index (χ0) is 15.5. The summed E-state index contributed by atoms with van der Waals surface area (Å²) >= 11 is 1.77. The molecule has 2 aromatic rings. The second-order valence-corrected chi connectivity index (χ2v) is 6.29. The Bertz CT molecular complexity index is 730. The SMILES string of the molecule is CSCCN(C)c1nc2c(c(=O)[nH]1)Cc1ccccc1OC2. The molecule has 1 aliphatic heterocycles. The van der Waals surface area contributed by atoms with Crippen molar-refractivity contribution < 1.29 is 4.74 Å². The first-order valence-corrected chi connectivity index (χ1v) is 8.61. The molecule has 5 nitrogen and oxygen atoms in total. The summed E-state index contributed by atoms with van der Waals surface area (Å²) in [5, 5.41) is 0. The molecule has 1 aromatic carbocycles. The second-order valence-electron chi connectivity index (χ2n) is 5.30. The predicted molar refractivity (Wildman–Crippen MR) is 90.1 cm³/mol. The summed E-state index contributed by atoms with van der Waals surface area (Å²) < 4.78 is 5.81. The fraction of sp³-hybridized carbons (Fsp3) is 0.375. The second kappa shape index (κ2) is 6.44. The summed E-state index contributed by atoms with van der Waals surface area (Å²) in [7, 11) is 1.94. The van der Waals surface area contributed by atoms with E-state index in [1.807, 2.05) is 36.2 Å². The number of ether oxygens (including phenoxy) is 1. The number of para-hydroxylation sites is 1. The molecule has 0 spiro atoms. The highest BCUT2D eigenvalue weighted by atomic mass is 32.2. The molecule has 0 fully saturated rings. The van der Waals surface area contributed by atoms with Crippen LogP contribution in [0, 0.1) is 0 Å². The van der Waals surface area contributed by atoms with Crippen molar-refractivity contribution in [2.24, 2.45) is 0 Å². The summed E-state index contributed by atoms with van der Waals surface area (Å²) in [6.07, 6.45) is 2.62. The van der Waals surface area contributed by atoms with Gasteiger partial charge in [0.25, 0.3) is 5.56 Å². The molecule has 0 aliphatic carbocycles. The van der Waals surface area contributed by atoms with Crippen molar-refractivity contribution in [1.82, 2.24) is 9.97 Å². The van der Waals surface area contributed by atoms with Gasteiger partial charge < -0.3 is 9.64 Å². The Balaban J connectivity index is 1.94. The minimum atomic E-state index is -0.0729. The smallest absolute Gasteiger partial charge is 0.256 e. The summed E-state index contributed by atoms with van der Waals surface area (Å²) in [6, 6.07) is 7.82. The summed E-state index contributed by atoms with van der Waals surface area (Å²) in [6.45, 7) is 1.17. The fourth-order valence-electron chi connectivity index (χ4n) is 2.48. The van der Waals surface area contributed by atoms with Crippen LogP contribution in [0.4, 0.5) is 5.95 Å². The number of aromatic nitrogens is 2. The van der Waals surface area contributed by atoms with Gasteiger partial charge in [0.05, 0.1) is 5.69 Å². The monoisotopic (exact) mass is 317 g/mol. The van der Waals surface area contributed by atoms with Gasteiger partial charge in [0.2, 0.25) is 5.95 Å². The van der Waals surface area contributed by atoms with Crippen molar-refractivity contribution in [3.05, 3.63) is 51.4 Å². The van der Waals surface area contributed by atoms with Crippen LogP contribution in [-0.4, -0.2) is 35.6 Å². The van der Waals surface area contributed by atoms with Crippen molar-refractivity contribution >= 4 is 17.7 Å². The number of fused-ring (bicyclic) bond motifs is 2. The maximum absolute atomic E-state index is 12.4. The first kappa shape index (κ1) is 15.0. The van der Waals surface area contributed by atoms with E-state index in [0.717, 1.165) is 29.3 Å². The number of aromatic amines is 1. The molecule has 0 saturated carbocycles. The number of thioether (sulfide) groups is 1. The van der Waals surface area contributed by atoms with Crippen molar-refractivity contribution in [2.45, 2.75) is 13.0 Å². The van der Waals surface area contributed by atoms with E-state index < -0.39 is 0 Å². The quantitative estimate of drug-likeness (QED) is 0.935. The molecule has 2 heterocycles. The van der Waals surface area contributed by atoms with Crippen molar-refractivity contribution in [3.8, 4) is 5.75 Å². The van der Waals surface area contributed by atoms with Gasteiger partial charge in [-0.1, -0.05) is 18.2 Å². The van der Waals surface area contributed by atoms with Gasteiger partial charge in [-0.2, -0.15) is 11.8 Å². The molecule has 0 amide bonds. The zero-order valence-corrected chi connectivity index (χ0v) is 13.6.